The molecule has 0 spiro atoms. The van der Waals surface area contributed by atoms with Crippen molar-refractivity contribution in [2.75, 3.05) is 39.6 Å². The molecular weight excluding hydrogens is 1450 g/mol. The summed E-state index contributed by atoms with van der Waals surface area (Å²) in [6.07, 6.45) is 101. The molecule has 0 heterocycles. The summed E-state index contributed by atoms with van der Waals surface area (Å²) >= 11 is 0. The second-order valence-electron chi connectivity index (χ2n) is 28.0. The molecule has 0 radical (unpaired) electrons. The minimum Gasteiger partial charge on any atom is -0.462 e. The molecular formula is C93H152O17P2. The fraction of sp³-hybridized carbons (Fsp3) is 0.634. The Morgan fingerprint density at radius 2 is 0.482 bits per heavy atom. The smallest absolute Gasteiger partial charge is 0.462 e. The normalized spacial score (nSPS) is 14.7. The molecule has 0 aliphatic carbocycles. The maximum Gasteiger partial charge on any atom is 0.472 e. The van der Waals surface area contributed by atoms with Crippen LogP contribution in [0, 0.1) is 0 Å². The minimum atomic E-state index is -5.01. The van der Waals surface area contributed by atoms with Crippen molar-refractivity contribution in [3.05, 3.63) is 182 Å². The first-order valence-electron chi connectivity index (χ1n) is 43.0. The molecule has 5 unspecified atom stereocenters. The number of carbonyl (C=O) groups excluding carboxylic acids is 4. The van der Waals surface area contributed by atoms with Gasteiger partial charge in [-0.3, -0.25) is 37.3 Å². The fourth-order valence-electron chi connectivity index (χ4n) is 11.0. The van der Waals surface area contributed by atoms with Gasteiger partial charge in [-0.2, -0.15) is 0 Å². The van der Waals surface area contributed by atoms with E-state index in [9.17, 15) is 43.2 Å². The van der Waals surface area contributed by atoms with Crippen LogP contribution in [-0.2, 0) is 65.4 Å². The zero-order valence-corrected chi connectivity index (χ0v) is 71.6. The van der Waals surface area contributed by atoms with E-state index in [0.29, 0.717) is 32.1 Å². The van der Waals surface area contributed by atoms with E-state index < -0.39 is 97.5 Å². The lowest BCUT2D eigenvalue weighted by atomic mass is 10.0. The molecule has 0 aliphatic heterocycles. The van der Waals surface area contributed by atoms with Gasteiger partial charge >= 0.3 is 39.5 Å². The highest BCUT2D eigenvalue weighted by Crippen LogP contribution is 2.45. The van der Waals surface area contributed by atoms with Gasteiger partial charge in [-0.1, -0.05) is 332 Å². The van der Waals surface area contributed by atoms with Crippen molar-refractivity contribution in [2.24, 2.45) is 0 Å². The Kier molecular flexibility index (Phi) is 78.8. The Balaban J connectivity index is 5.50. The summed E-state index contributed by atoms with van der Waals surface area (Å²) in [6.45, 7) is 4.42. The molecule has 0 saturated carbocycles. The Bertz CT molecular complexity index is 2840. The van der Waals surface area contributed by atoms with Crippen LogP contribution >= 0.6 is 15.6 Å². The van der Waals surface area contributed by atoms with E-state index in [-0.39, 0.29) is 25.7 Å². The van der Waals surface area contributed by atoms with E-state index in [0.717, 1.165) is 173 Å². The van der Waals surface area contributed by atoms with Crippen LogP contribution < -0.4 is 0 Å². The zero-order chi connectivity index (χ0) is 81.7. The Morgan fingerprint density at radius 3 is 0.777 bits per heavy atom. The molecule has 17 nitrogen and oxygen atoms in total. The molecule has 0 aliphatic rings. The van der Waals surface area contributed by atoms with Crippen LogP contribution in [0.25, 0.3) is 0 Å². The minimum absolute atomic E-state index is 0.0319. The van der Waals surface area contributed by atoms with Crippen molar-refractivity contribution >= 4 is 39.5 Å². The van der Waals surface area contributed by atoms with E-state index in [4.69, 9.17) is 37.0 Å². The van der Waals surface area contributed by atoms with E-state index in [1.54, 1.807) is 0 Å². The number of esters is 4. The fourth-order valence-corrected chi connectivity index (χ4v) is 12.5. The molecule has 19 heteroatoms. The molecule has 3 N–H and O–H groups in total. The van der Waals surface area contributed by atoms with Crippen molar-refractivity contribution in [1.82, 2.24) is 0 Å². The number of aliphatic hydroxyl groups excluding tert-OH is 1. The number of hydrogen-bond donors (Lipinski definition) is 3. The third kappa shape index (κ3) is 82.2. The molecule has 0 fully saturated rings. The van der Waals surface area contributed by atoms with E-state index in [1.165, 1.54) is 64.2 Å². The Labute approximate surface area is 679 Å². The molecule has 0 aromatic heterocycles. The first-order chi connectivity index (χ1) is 54.7. The third-order valence-electron chi connectivity index (χ3n) is 17.4. The van der Waals surface area contributed by atoms with Gasteiger partial charge in [-0.15, -0.1) is 0 Å². The van der Waals surface area contributed by atoms with Gasteiger partial charge in [0.2, 0.25) is 0 Å². The number of phosphoric ester groups is 2. The number of carbonyl (C=O) groups is 4. The highest BCUT2D eigenvalue weighted by atomic mass is 31.2. The van der Waals surface area contributed by atoms with Crippen LogP contribution in [0.15, 0.2) is 182 Å². The lowest BCUT2D eigenvalue weighted by Crippen LogP contribution is -2.30. The summed E-state index contributed by atoms with van der Waals surface area (Å²) in [5.41, 5.74) is 0. The first-order valence-corrected chi connectivity index (χ1v) is 46.0. The summed E-state index contributed by atoms with van der Waals surface area (Å²) in [5.74, 6) is -2.33. The molecule has 0 rings (SSSR count). The standard InChI is InChI=1S/C93H152O17P2/c1-5-9-13-17-21-25-29-33-37-40-43-46-50-53-57-61-65-69-73-77-90(95)103-83-88(109-92(97)79-75-71-67-63-59-55-49-36-32-28-24-20-16-12-8-4)85-107-111(99,100)105-81-87(94)82-106-112(101,102)108-86-89(110-93(98)80-76-72-68-64-60-56-52-48-45-42-39-35-31-27-23-19-15-11-7-3)84-104-91(96)78-74-70-66-62-58-54-51-47-44-41-38-34-30-26-22-18-14-10-6-2/h9-11,13-15,21-23,25-27,33-35,37-39,43-48,53-54,57-58,65,69,87-89,94H,5-8,12,16-20,24,28-32,36,40-42,49-52,55-56,59-64,66-68,70-86H2,1-4H3,(H,99,100)(H,101,102)/b13-9-,14-10-,15-11-,25-21-,26-22-,27-23-,37-33-,38-34-,39-35-,46-43-,47-44-,48-45-,57-53-,58-54-,69-65-. The monoisotopic (exact) mass is 1600 g/mol. The molecule has 5 atom stereocenters. The average molecular weight is 1600 g/mol. The lowest BCUT2D eigenvalue weighted by molar-refractivity contribution is -0.161. The maximum atomic E-state index is 13.2. The van der Waals surface area contributed by atoms with E-state index in [2.05, 4.69) is 192 Å². The van der Waals surface area contributed by atoms with Gasteiger partial charge in [-0.05, 0) is 148 Å². The number of aliphatic hydroxyl groups is 1. The second-order valence-corrected chi connectivity index (χ2v) is 30.9. The number of rotatable bonds is 79. The van der Waals surface area contributed by atoms with Crippen LogP contribution in [0.4, 0.5) is 0 Å². The quantitative estimate of drug-likeness (QED) is 0.0169. The van der Waals surface area contributed by atoms with Gasteiger partial charge in [0.1, 0.15) is 19.3 Å². The van der Waals surface area contributed by atoms with Gasteiger partial charge in [0.05, 0.1) is 26.4 Å². The zero-order valence-electron chi connectivity index (χ0n) is 69.8. The largest absolute Gasteiger partial charge is 0.472 e. The van der Waals surface area contributed by atoms with Gasteiger partial charge in [0.15, 0.2) is 12.2 Å². The van der Waals surface area contributed by atoms with Gasteiger partial charge in [0.25, 0.3) is 0 Å². The number of phosphoric acid groups is 2. The summed E-state index contributed by atoms with van der Waals surface area (Å²) in [7, 11) is -10.0. The average Bonchev–Trinajstić information content (AvgIpc) is 0.898. The van der Waals surface area contributed by atoms with E-state index in [1.807, 2.05) is 18.2 Å². The van der Waals surface area contributed by atoms with Crippen LogP contribution in [-0.4, -0.2) is 96.7 Å². The van der Waals surface area contributed by atoms with Crippen molar-refractivity contribution in [3.63, 3.8) is 0 Å². The van der Waals surface area contributed by atoms with Crippen molar-refractivity contribution < 1.29 is 80.2 Å². The second kappa shape index (κ2) is 83.1. The maximum absolute atomic E-state index is 13.2. The molecule has 0 aromatic carbocycles. The summed E-state index contributed by atoms with van der Waals surface area (Å²) < 4.78 is 68.7. The van der Waals surface area contributed by atoms with Crippen LogP contribution in [0.3, 0.4) is 0 Å². The van der Waals surface area contributed by atoms with Crippen LogP contribution in [0.1, 0.15) is 323 Å². The molecule has 0 saturated heterocycles. The summed E-state index contributed by atoms with van der Waals surface area (Å²) in [4.78, 5) is 73.3. The van der Waals surface area contributed by atoms with E-state index >= 15 is 0 Å². The highest BCUT2D eigenvalue weighted by molar-refractivity contribution is 7.47. The third-order valence-corrected chi connectivity index (χ3v) is 19.3. The molecule has 0 amide bonds. The van der Waals surface area contributed by atoms with Gasteiger partial charge in [-0.25, -0.2) is 9.13 Å². The topological polar surface area (TPSA) is 237 Å². The summed E-state index contributed by atoms with van der Waals surface area (Å²) in [5, 5.41) is 10.7. The van der Waals surface area contributed by atoms with Gasteiger partial charge < -0.3 is 33.8 Å². The number of unbranched alkanes of at least 4 members (excludes halogenated alkanes) is 23. The van der Waals surface area contributed by atoms with Crippen LogP contribution in [0.2, 0.25) is 0 Å². The van der Waals surface area contributed by atoms with Crippen LogP contribution in [0.5, 0.6) is 0 Å². The predicted octanol–water partition coefficient (Wildman–Crippen LogP) is 25.9. The predicted molar refractivity (Wildman–Crippen MR) is 463 cm³/mol. The summed E-state index contributed by atoms with van der Waals surface area (Å²) in [6, 6.07) is 0. The molecule has 112 heavy (non-hydrogen) atoms. The number of allylic oxidation sites excluding steroid dienone is 30. The Morgan fingerprint density at radius 1 is 0.259 bits per heavy atom. The number of ether oxygens (including phenoxy) is 4. The molecule has 0 bridgehead atoms. The highest BCUT2D eigenvalue weighted by Gasteiger charge is 2.30. The lowest BCUT2D eigenvalue weighted by Gasteiger charge is -2.21. The van der Waals surface area contributed by atoms with Crippen molar-refractivity contribution in [1.29, 1.82) is 0 Å². The van der Waals surface area contributed by atoms with Crippen molar-refractivity contribution in [3.8, 4) is 0 Å². The number of hydrogen-bond acceptors (Lipinski definition) is 15. The SMILES string of the molecule is CC/C=C\C/C=C\C/C=C\C/C=C\C/C=C\C/C=C\CCC(=O)OCC(COP(=O)(O)OCC(O)COP(=O)(O)OCC(COC(=O)CCCCC/C=C\C/C=C\C/C=C\C/C=C\C/C=C\CC)OC(=O)CCCCCCCC/C=C\C/C=C\C/C=C\C/C=C\CC)OC(=O)CCCCCCCCCCCCCCCCC. The van der Waals surface area contributed by atoms with Crippen molar-refractivity contribution in [2.45, 2.75) is 341 Å². The Hall–Kier alpha value is -5.84. The molecule has 0 aromatic rings. The molecule has 636 valence electrons. The van der Waals surface area contributed by atoms with Gasteiger partial charge in [0, 0.05) is 25.7 Å². The first kappa shape index (κ1) is 106.